The van der Waals surface area contributed by atoms with E-state index in [9.17, 15) is 18.0 Å². The Morgan fingerprint density at radius 3 is 2.50 bits per heavy atom. The zero-order chi connectivity index (χ0) is 12.3. The van der Waals surface area contributed by atoms with Crippen LogP contribution < -0.4 is 4.74 Å². The number of Topliss-reactive ketones (excluding diaryl/α,β-unsaturated/α-hetero) is 1. The van der Waals surface area contributed by atoms with Crippen LogP contribution in [0.5, 0.6) is 5.75 Å². The number of para-hydroxylation sites is 1. The normalized spacial score (nSPS) is 11.3. The number of ketones is 1. The van der Waals surface area contributed by atoms with E-state index in [1.807, 2.05) is 0 Å². The Morgan fingerprint density at radius 1 is 1.38 bits per heavy atom. The molecule has 1 rings (SSSR count). The second-order valence-corrected chi connectivity index (χ2v) is 4.14. The van der Waals surface area contributed by atoms with E-state index in [4.69, 9.17) is 0 Å². The largest absolute Gasteiger partial charge is 0.573 e. The van der Waals surface area contributed by atoms with Gasteiger partial charge in [-0.3, -0.25) is 4.79 Å². The molecule has 0 amide bonds. The molecule has 0 unspecified atom stereocenters. The highest BCUT2D eigenvalue weighted by Crippen LogP contribution is 2.34. The van der Waals surface area contributed by atoms with Crippen molar-refractivity contribution in [3.63, 3.8) is 0 Å². The van der Waals surface area contributed by atoms with E-state index in [-0.39, 0.29) is 15.4 Å². The highest BCUT2D eigenvalue weighted by Gasteiger charge is 2.33. The van der Waals surface area contributed by atoms with Crippen molar-refractivity contribution in [2.24, 2.45) is 0 Å². The predicted molar refractivity (Wildman–Crippen MR) is 58.9 cm³/mol. The zero-order valence-electron chi connectivity index (χ0n) is 7.65. The summed E-state index contributed by atoms with van der Waals surface area (Å²) in [5.74, 6) is -1.00. The topological polar surface area (TPSA) is 26.3 Å². The highest BCUT2D eigenvalue weighted by molar-refractivity contribution is 9.10. The van der Waals surface area contributed by atoms with Crippen molar-refractivity contribution in [1.82, 2.24) is 0 Å². The van der Waals surface area contributed by atoms with Gasteiger partial charge in [-0.15, -0.1) is 13.2 Å². The van der Waals surface area contributed by atoms with E-state index in [1.54, 1.807) is 0 Å². The number of carbonyl (C=O) groups excluding carboxylic acids is 1. The molecule has 0 spiro atoms. The molecule has 1 aromatic carbocycles. The molecule has 0 bridgehead atoms. The maximum absolute atomic E-state index is 12.1. The van der Waals surface area contributed by atoms with Crippen molar-refractivity contribution >= 4 is 37.6 Å². The van der Waals surface area contributed by atoms with Crippen molar-refractivity contribution in [1.29, 1.82) is 0 Å². The van der Waals surface area contributed by atoms with E-state index >= 15 is 0 Å². The summed E-state index contributed by atoms with van der Waals surface area (Å²) in [6.07, 6.45) is -4.83. The van der Waals surface area contributed by atoms with Crippen molar-refractivity contribution in [3.8, 4) is 5.75 Å². The smallest absolute Gasteiger partial charge is 0.404 e. The average Bonchev–Trinajstić information content (AvgIpc) is 2.18. The maximum Gasteiger partial charge on any atom is 0.573 e. The van der Waals surface area contributed by atoms with E-state index in [0.29, 0.717) is 0 Å². The fourth-order valence-corrected chi connectivity index (χ4v) is 1.77. The number of hydrogen-bond acceptors (Lipinski definition) is 2. The number of benzene rings is 1. The summed E-state index contributed by atoms with van der Waals surface area (Å²) in [6, 6.07) is 4.10. The molecule has 0 saturated carbocycles. The fraction of sp³-hybridized carbons (Fsp3) is 0.222. The molecule has 0 N–H and O–H groups in total. The Balaban J connectivity index is 3.19. The number of alkyl halides is 4. The lowest BCUT2D eigenvalue weighted by molar-refractivity contribution is -0.275. The molecule has 0 heterocycles. The van der Waals surface area contributed by atoms with Crippen LogP contribution in [-0.4, -0.2) is 17.5 Å². The van der Waals surface area contributed by atoms with Crippen LogP contribution in [-0.2, 0) is 0 Å². The first-order chi connectivity index (χ1) is 7.35. The molecule has 0 aliphatic carbocycles. The van der Waals surface area contributed by atoms with Gasteiger partial charge in [-0.25, -0.2) is 0 Å². The minimum absolute atomic E-state index is 0.0718. The van der Waals surface area contributed by atoms with E-state index < -0.39 is 17.9 Å². The maximum atomic E-state index is 12.1. The van der Waals surface area contributed by atoms with Crippen LogP contribution in [0.2, 0.25) is 0 Å². The average molecular weight is 362 g/mol. The molecule has 16 heavy (non-hydrogen) atoms. The summed E-state index contributed by atoms with van der Waals surface area (Å²) in [6.45, 7) is 0. The molecule has 0 atom stereocenters. The highest BCUT2D eigenvalue weighted by atomic mass is 79.9. The van der Waals surface area contributed by atoms with Crippen LogP contribution in [0, 0.1) is 0 Å². The third-order valence-corrected chi connectivity index (χ3v) is 2.74. The van der Waals surface area contributed by atoms with Crippen LogP contribution >= 0.6 is 31.9 Å². The lowest BCUT2D eigenvalue weighted by atomic mass is 10.1. The molecule has 0 aliphatic rings. The molecule has 2 nitrogen and oxygen atoms in total. The van der Waals surface area contributed by atoms with Crippen molar-refractivity contribution in [3.05, 3.63) is 28.2 Å². The Kier molecular flexibility index (Phi) is 4.37. The summed E-state index contributed by atoms with van der Waals surface area (Å²) in [5.41, 5.74) is -0.122. The van der Waals surface area contributed by atoms with Gasteiger partial charge in [0.1, 0.15) is 0 Å². The third-order valence-electron chi connectivity index (χ3n) is 1.61. The summed E-state index contributed by atoms with van der Waals surface area (Å²) >= 11 is 5.79. The van der Waals surface area contributed by atoms with Gasteiger partial charge in [0.05, 0.1) is 15.4 Å². The van der Waals surface area contributed by atoms with Crippen LogP contribution in [0.25, 0.3) is 0 Å². The second kappa shape index (κ2) is 5.18. The van der Waals surface area contributed by atoms with Gasteiger partial charge in [0.15, 0.2) is 11.5 Å². The zero-order valence-corrected chi connectivity index (χ0v) is 10.8. The van der Waals surface area contributed by atoms with Crippen LogP contribution in [0.15, 0.2) is 22.7 Å². The van der Waals surface area contributed by atoms with Gasteiger partial charge in [-0.1, -0.05) is 22.0 Å². The van der Waals surface area contributed by atoms with Gasteiger partial charge in [0.2, 0.25) is 0 Å². The van der Waals surface area contributed by atoms with Gasteiger partial charge < -0.3 is 4.74 Å². The lowest BCUT2D eigenvalue weighted by Gasteiger charge is -2.13. The molecule has 88 valence electrons. The standard InChI is InChI=1S/C9H5Br2F3O2/c10-4-7(15)5-2-1-3-6(11)8(5)16-9(12,13)14/h1-3H,4H2. The molecule has 0 aromatic heterocycles. The Morgan fingerprint density at radius 2 is 2.00 bits per heavy atom. The minimum Gasteiger partial charge on any atom is -0.404 e. The Labute approximate surface area is 106 Å². The van der Waals surface area contributed by atoms with E-state index in [2.05, 4.69) is 36.6 Å². The first kappa shape index (κ1) is 13.5. The van der Waals surface area contributed by atoms with Gasteiger partial charge in [0.25, 0.3) is 0 Å². The molecule has 0 fully saturated rings. The number of halogens is 5. The van der Waals surface area contributed by atoms with Crippen LogP contribution in [0.4, 0.5) is 13.2 Å². The molecule has 1 aromatic rings. The van der Waals surface area contributed by atoms with Gasteiger partial charge in [-0.05, 0) is 28.1 Å². The van der Waals surface area contributed by atoms with Gasteiger partial charge in [0, 0.05) is 0 Å². The van der Waals surface area contributed by atoms with Gasteiger partial charge >= 0.3 is 6.36 Å². The fourth-order valence-electron chi connectivity index (χ4n) is 1.02. The molecule has 0 saturated heterocycles. The summed E-state index contributed by atoms with van der Waals surface area (Å²) < 4.78 is 40.2. The first-order valence-corrected chi connectivity index (χ1v) is 5.90. The summed E-state index contributed by atoms with van der Waals surface area (Å²) in [7, 11) is 0. The van der Waals surface area contributed by atoms with Crippen molar-refractivity contribution < 1.29 is 22.7 Å². The monoisotopic (exact) mass is 360 g/mol. The number of hydrogen-bond donors (Lipinski definition) is 0. The molecular weight excluding hydrogens is 357 g/mol. The summed E-state index contributed by atoms with van der Waals surface area (Å²) in [4.78, 5) is 11.4. The SMILES string of the molecule is O=C(CBr)c1cccc(Br)c1OC(F)(F)F. The number of carbonyl (C=O) groups is 1. The number of rotatable bonds is 3. The quantitative estimate of drug-likeness (QED) is 0.602. The third kappa shape index (κ3) is 3.48. The molecule has 0 radical (unpaired) electrons. The summed E-state index contributed by atoms with van der Waals surface area (Å²) in [5, 5.41) is -0.0718. The van der Waals surface area contributed by atoms with Gasteiger partial charge in [-0.2, -0.15) is 0 Å². The minimum atomic E-state index is -4.83. The predicted octanol–water partition coefficient (Wildman–Crippen LogP) is 3.93. The molecule has 0 aliphatic heterocycles. The van der Waals surface area contributed by atoms with Crippen LogP contribution in [0.3, 0.4) is 0 Å². The second-order valence-electron chi connectivity index (χ2n) is 2.72. The Hall–Kier alpha value is -0.560. The van der Waals surface area contributed by atoms with Crippen molar-refractivity contribution in [2.45, 2.75) is 6.36 Å². The molecule has 7 heteroatoms. The number of ether oxygens (including phenoxy) is 1. The molecular formula is C9H5Br2F3O2. The van der Waals surface area contributed by atoms with E-state index in [1.165, 1.54) is 18.2 Å². The lowest BCUT2D eigenvalue weighted by Crippen LogP contribution is -2.19. The van der Waals surface area contributed by atoms with E-state index in [0.717, 1.165) is 0 Å². The van der Waals surface area contributed by atoms with Crippen molar-refractivity contribution in [2.75, 3.05) is 5.33 Å². The first-order valence-electron chi connectivity index (χ1n) is 3.98. The van der Waals surface area contributed by atoms with Crippen LogP contribution in [0.1, 0.15) is 10.4 Å². The Bertz CT molecular complexity index is 404.